The Balaban J connectivity index is 2.42. The van der Waals surface area contributed by atoms with Crippen molar-refractivity contribution in [1.29, 1.82) is 0 Å². The third-order valence-corrected chi connectivity index (χ3v) is 4.44. The summed E-state index contributed by atoms with van der Waals surface area (Å²) in [7, 11) is 0. The Bertz CT molecular complexity index is 188. The van der Waals surface area contributed by atoms with Crippen molar-refractivity contribution in [3.8, 4) is 0 Å². The zero-order chi connectivity index (χ0) is 12.7. The van der Waals surface area contributed by atoms with E-state index in [0.29, 0.717) is 0 Å². The molecule has 1 heteroatoms. The fraction of sp³-hybridized carbons (Fsp3) is 1.00. The molecule has 1 saturated carbocycles. The molecule has 0 aromatic heterocycles. The fourth-order valence-corrected chi connectivity index (χ4v) is 3.20. The number of hydrogen-bond donors (Lipinski definition) is 1. The van der Waals surface area contributed by atoms with Gasteiger partial charge in [-0.1, -0.05) is 40.5 Å². The maximum Gasteiger partial charge on any atom is 0.00955 e. The molecule has 0 aromatic rings. The Morgan fingerprint density at radius 3 is 2.53 bits per heavy atom. The lowest BCUT2D eigenvalue weighted by Gasteiger charge is -2.37. The van der Waals surface area contributed by atoms with Crippen molar-refractivity contribution in [3.05, 3.63) is 0 Å². The summed E-state index contributed by atoms with van der Waals surface area (Å²) in [6, 6.07) is 0.816. The van der Waals surface area contributed by atoms with Crippen LogP contribution in [0.4, 0.5) is 0 Å². The van der Waals surface area contributed by atoms with Crippen LogP contribution in [0.25, 0.3) is 0 Å². The molecule has 3 unspecified atom stereocenters. The monoisotopic (exact) mass is 239 g/mol. The van der Waals surface area contributed by atoms with Crippen LogP contribution in [0.15, 0.2) is 0 Å². The first-order valence-corrected chi connectivity index (χ1v) is 7.90. The highest BCUT2D eigenvalue weighted by atomic mass is 14.9. The summed E-state index contributed by atoms with van der Waals surface area (Å²) in [4.78, 5) is 0. The molecule has 0 aliphatic heterocycles. The van der Waals surface area contributed by atoms with Gasteiger partial charge < -0.3 is 5.32 Å². The molecule has 17 heavy (non-hydrogen) atoms. The third kappa shape index (κ3) is 5.42. The second-order valence-electron chi connectivity index (χ2n) is 6.38. The number of rotatable bonds is 7. The van der Waals surface area contributed by atoms with E-state index in [0.717, 1.165) is 23.8 Å². The van der Waals surface area contributed by atoms with Crippen molar-refractivity contribution in [2.75, 3.05) is 6.54 Å². The van der Waals surface area contributed by atoms with E-state index in [9.17, 15) is 0 Å². The Kier molecular flexibility index (Phi) is 7.18. The smallest absolute Gasteiger partial charge is 0.00955 e. The molecule has 0 spiro atoms. The normalized spacial score (nSPS) is 29.8. The standard InChI is InChI=1S/C16H33N/c1-5-11-17-16-10-8-14(6-2)12-15(16)9-7-13(3)4/h13-17H,5-12H2,1-4H3. The molecule has 0 heterocycles. The minimum atomic E-state index is 0.816. The molecule has 1 aliphatic carbocycles. The Morgan fingerprint density at radius 2 is 1.94 bits per heavy atom. The van der Waals surface area contributed by atoms with Gasteiger partial charge in [-0.25, -0.2) is 0 Å². The molecule has 0 saturated heterocycles. The van der Waals surface area contributed by atoms with Gasteiger partial charge in [-0.2, -0.15) is 0 Å². The summed E-state index contributed by atoms with van der Waals surface area (Å²) in [5.74, 6) is 2.82. The molecule has 1 nitrogen and oxygen atoms in total. The second-order valence-corrected chi connectivity index (χ2v) is 6.38. The molecule has 102 valence electrons. The zero-order valence-electron chi connectivity index (χ0n) is 12.5. The molecular formula is C16H33N. The van der Waals surface area contributed by atoms with Gasteiger partial charge in [-0.05, 0) is 56.4 Å². The van der Waals surface area contributed by atoms with Crippen LogP contribution in [0, 0.1) is 17.8 Å². The van der Waals surface area contributed by atoms with E-state index >= 15 is 0 Å². The highest BCUT2D eigenvalue weighted by Crippen LogP contribution is 2.34. The van der Waals surface area contributed by atoms with Gasteiger partial charge in [0.2, 0.25) is 0 Å². The van der Waals surface area contributed by atoms with E-state index in [4.69, 9.17) is 0 Å². The van der Waals surface area contributed by atoms with E-state index in [-0.39, 0.29) is 0 Å². The Hall–Kier alpha value is -0.0400. The average Bonchev–Trinajstić information content (AvgIpc) is 2.34. The van der Waals surface area contributed by atoms with Gasteiger partial charge in [0.1, 0.15) is 0 Å². The molecule has 1 fully saturated rings. The van der Waals surface area contributed by atoms with Crippen LogP contribution in [0.5, 0.6) is 0 Å². The SMILES string of the molecule is CCCNC1CCC(CC)CC1CCC(C)C. The van der Waals surface area contributed by atoms with Gasteiger partial charge in [0, 0.05) is 6.04 Å². The average molecular weight is 239 g/mol. The maximum absolute atomic E-state index is 3.79. The Morgan fingerprint density at radius 1 is 1.18 bits per heavy atom. The quantitative estimate of drug-likeness (QED) is 0.683. The second kappa shape index (κ2) is 8.13. The minimum absolute atomic E-state index is 0.816. The summed E-state index contributed by atoms with van der Waals surface area (Å²) in [6.07, 6.45) is 9.85. The Labute approximate surface area is 109 Å². The summed E-state index contributed by atoms with van der Waals surface area (Å²) in [6.45, 7) is 10.6. The molecule has 1 rings (SSSR count). The predicted octanol–water partition coefficient (Wildman–Crippen LogP) is 4.62. The molecule has 0 aromatic carbocycles. The van der Waals surface area contributed by atoms with Crippen LogP contribution in [-0.2, 0) is 0 Å². The van der Waals surface area contributed by atoms with Crippen molar-refractivity contribution >= 4 is 0 Å². The van der Waals surface area contributed by atoms with Gasteiger partial charge in [-0.3, -0.25) is 0 Å². The molecule has 3 atom stereocenters. The summed E-state index contributed by atoms with van der Waals surface area (Å²) >= 11 is 0. The lowest BCUT2D eigenvalue weighted by Crippen LogP contribution is -2.41. The van der Waals surface area contributed by atoms with Crippen molar-refractivity contribution in [1.82, 2.24) is 5.32 Å². The fourth-order valence-electron chi connectivity index (χ4n) is 3.20. The van der Waals surface area contributed by atoms with Gasteiger partial charge in [0.25, 0.3) is 0 Å². The van der Waals surface area contributed by atoms with E-state index in [2.05, 4.69) is 33.0 Å². The van der Waals surface area contributed by atoms with Crippen molar-refractivity contribution in [3.63, 3.8) is 0 Å². The molecule has 0 radical (unpaired) electrons. The first-order valence-electron chi connectivity index (χ1n) is 7.90. The lowest BCUT2D eigenvalue weighted by atomic mass is 9.74. The molecule has 0 amide bonds. The van der Waals surface area contributed by atoms with Gasteiger partial charge in [0.15, 0.2) is 0 Å². The number of nitrogens with one attached hydrogen (secondary N) is 1. The van der Waals surface area contributed by atoms with Crippen LogP contribution in [-0.4, -0.2) is 12.6 Å². The first-order chi connectivity index (χ1) is 8.17. The van der Waals surface area contributed by atoms with Crippen molar-refractivity contribution in [2.24, 2.45) is 17.8 Å². The highest BCUT2D eigenvalue weighted by Gasteiger charge is 2.28. The van der Waals surface area contributed by atoms with Crippen LogP contribution in [0.2, 0.25) is 0 Å². The maximum atomic E-state index is 3.79. The van der Waals surface area contributed by atoms with Gasteiger partial charge in [-0.15, -0.1) is 0 Å². The lowest BCUT2D eigenvalue weighted by molar-refractivity contribution is 0.183. The summed E-state index contributed by atoms with van der Waals surface area (Å²) < 4.78 is 0. The zero-order valence-corrected chi connectivity index (χ0v) is 12.5. The van der Waals surface area contributed by atoms with Crippen molar-refractivity contribution in [2.45, 2.75) is 78.7 Å². The largest absolute Gasteiger partial charge is 0.314 e. The van der Waals surface area contributed by atoms with Gasteiger partial charge in [0.05, 0.1) is 0 Å². The van der Waals surface area contributed by atoms with Crippen molar-refractivity contribution < 1.29 is 0 Å². The van der Waals surface area contributed by atoms with E-state index in [1.54, 1.807) is 0 Å². The molecular weight excluding hydrogens is 206 g/mol. The first kappa shape index (κ1) is 15.0. The minimum Gasteiger partial charge on any atom is -0.314 e. The predicted molar refractivity (Wildman–Crippen MR) is 77.3 cm³/mol. The van der Waals surface area contributed by atoms with E-state index in [1.165, 1.54) is 51.5 Å². The van der Waals surface area contributed by atoms with E-state index < -0.39 is 0 Å². The van der Waals surface area contributed by atoms with E-state index in [1.807, 2.05) is 0 Å². The van der Waals surface area contributed by atoms with Crippen LogP contribution < -0.4 is 5.32 Å². The summed E-state index contributed by atoms with van der Waals surface area (Å²) in [5.41, 5.74) is 0. The van der Waals surface area contributed by atoms with Crippen LogP contribution >= 0.6 is 0 Å². The molecule has 1 aliphatic rings. The molecule has 0 bridgehead atoms. The summed E-state index contributed by atoms with van der Waals surface area (Å²) in [5, 5.41) is 3.79. The van der Waals surface area contributed by atoms with Gasteiger partial charge >= 0.3 is 0 Å². The molecule has 1 N–H and O–H groups in total. The van der Waals surface area contributed by atoms with Crippen LogP contribution in [0.1, 0.15) is 72.6 Å². The highest BCUT2D eigenvalue weighted by molar-refractivity contribution is 4.84. The number of hydrogen-bond acceptors (Lipinski definition) is 1. The topological polar surface area (TPSA) is 12.0 Å². The van der Waals surface area contributed by atoms with Crippen LogP contribution in [0.3, 0.4) is 0 Å². The third-order valence-electron chi connectivity index (χ3n) is 4.44.